The Hall–Kier alpha value is -3.35. The zero-order chi connectivity index (χ0) is 23.9. The topological polar surface area (TPSA) is 64.2 Å². The van der Waals surface area contributed by atoms with Crippen LogP contribution in [0.25, 0.3) is 0 Å². The maximum Gasteiger partial charge on any atom is 0.253 e. The first-order chi connectivity index (χ1) is 17.1. The number of nitrogens with zero attached hydrogens (tertiary/aromatic N) is 4. The van der Waals surface area contributed by atoms with E-state index >= 15 is 0 Å². The minimum absolute atomic E-state index is 0.0115. The molecule has 0 spiro atoms. The molecule has 0 aliphatic carbocycles. The Labute approximate surface area is 206 Å². The van der Waals surface area contributed by atoms with E-state index in [1.807, 2.05) is 40.1 Å². The maximum absolute atomic E-state index is 13.7. The molecule has 7 nitrogen and oxygen atoms in total. The quantitative estimate of drug-likeness (QED) is 0.688. The number of anilines is 2. The summed E-state index contributed by atoms with van der Waals surface area (Å²) in [6, 6.07) is 13.7. The molecular weight excluding hydrogens is 440 g/mol. The van der Waals surface area contributed by atoms with Crippen molar-refractivity contribution in [2.24, 2.45) is 0 Å². The fraction of sp³-hybridized carbons (Fsp3) is 0.464. The minimum Gasteiger partial charge on any atom is -0.358 e. The lowest BCUT2D eigenvalue weighted by molar-refractivity contribution is -0.132. The molecule has 6 rings (SSSR count). The third-order valence-electron chi connectivity index (χ3n) is 8.05. The number of rotatable bonds is 3. The Kier molecular flexibility index (Phi) is 5.71. The predicted octanol–water partition coefficient (Wildman–Crippen LogP) is 3.21. The van der Waals surface area contributed by atoms with Crippen LogP contribution in [-0.4, -0.2) is 66.3 Å². The number of amides is 3. The van der Waals surface area contributed by atoms with Crippen LogP contribution >= 0.6 is 0 Å². The van der Waals surface area contributed by atoms with E-state index in [0.29, 0.717) is 24.3 Å². The molecule has 0 N–H and O–H groups in total. The van der Waals surface area contributed by atoms with E-state index in [9.17, 15) is 14.4 Å². The van der Waals surface area contributed by atoms with Gasteiger partial charge in [0.15, 0.2) is 0 Å². The van der Waals surface area contributed by atoms with Crippen LogP contribution in [0.3, 0.4) is 0 Å². The second-order valence-corrected chi connectivity index (χ2v) is 10.2. The van der Waals surface area contributed by atoms with Crippen LogP contribution in [-0.2, 0) is 22.6 Å². The van der Waals surface area contributed by atoms with E-state index in [-0.39, 0.29) is 30.3 Å². The first-order valence-electron chi connectivity index (χ1n) is 13.0. The van der Waals surface area contributed by atoms with Crippen LogP contribution in [0.15, 0.2) is 42.5 Å². The molecule has 0 bridgehead atoms. The Morgan fingerprint density at radius 2 is 1.60 bits per heavy atom. The summed E-state index contributed by atoms with van der Waals surface area (Å²) in [5, 5.41) is 0. The summed E-state index contributed by atoms with van der Waals surface area (Å²) in [5.74, 6) is -0.0505. The van der Waals surface area contributed by atoms with Crippen molar-refractivity contribution < 1.29 is 14.4 Å². The van der Waals surface area contributed by atoms with Gasteiger partial charge >= 0.3 is 0 Å². The number of benzene rings is 2. The molecule has 35 heavy (non-hydrogen) atoms. The van der Waals surface area contributed by atoms with Crippen molar-refractivity contribution in [3.05, 3.63) is 59.2 Å². The van der Waals surface area contributed by atoms with Crippen molar-refractivity contribution >= 4 is 29.1 Å². The van der Waals surface area contributed by atoms with Gasteiger partial charge in [0.05, 0.1) is 11.4 Å². The highest BCUT2D eigenvalue weighted by Crippen LogP contribution is 2.40. The standard InChI is InChI=1S/C28H32N4O3/c33-26(30-16-12-20-7-1-2-8-22(20)18-30)19-32-25-17-21(27(34)29-13-5-6-14-29)10-11-23(25)31-15-4-3-9-24(31)28(32)35/h1-2,7-8,10-11,17,24H,3-6,9,12-16,18-19H2. The van der Waals surface area contributed by atoms with Crippen molar-refractivity contribution in [3.8, 4) is 0 Å². The summed E-state index contributed by atoms with van der Waals surface area (Å²) in [7, 11) is 0. The van der Waals surface area contributed by atoms with E-state index < -0.39 is 0 Å². The summed E-state index contributed by atoms with van der Waals surface area (Å²) in [6.45, 7) is 3.64. The molecule has 4 aliphatic rings. The highest BCUT2D eigenvalue weighted by atomic mass is 16.2. The van der Waals surface area contributed by atoms with Gasteiger partial charge in [-0.15, -0.1) is 0 Å². The van der Waals surface area contributed by atoms with Gasteiger partial charge in [0.25, 0.3) is 5.91 Å². The van der Waals surface area contributed by atoms with Crippen molar-refractivity contribution in [1.82, 2.24) is 9.80 Å². The Balaban J connectivity index is 1.30. The molecular formula is C28H32N4O3. The third kappa shape index (κ3) is 3.97. The number of fused-ring (bicyclic) bond motifs is 4. The second-order valence-electron chi connectivity index (χ2n) is 10.2. The zero-order valence-corrected chi connectivity index (χ0v) is 20.1. The molecule has 4 heterocycles. The molecule has 2 aromatic carbocycles. The Morgan fingerprint density at radius 1 is 0.829 bits per heavy atom. The van der Waals surface area contributed by atoms with Crippen molar-refractivity contribution in [2.45, 2.75) is 51.1 Å². The van der Waals surface area contributed by atoms with Crippen LogP contribution in [0.5, 0.6) is 0 Å². The van der Waals surface area contributed by atoms with Crippen molar-refractivity contribution in [2.75, 3.05) is 42.5 Å². The molecule has 4 aliphatic heterocycles. The van der Waals surface area contributed by atoms with E-state index in [1.165, 1.54) is 11.1 Å². The Morgan fingerprint density at radius 3 is 2.43 bits per heavy atom. The molecule has 0 radical (unpaired) electrons. The maximum atomic E-state index is 13.7. The number of carbonyl (C=O) groups excluding carboxylic acids is 3. The van der Waals surface area contributed by atoms with Crippen LogP contribution < -0.4 is 9.80 Å². The summed E-state index contributed by atoms with van der Waals surface area (Å²) in [6.07, 6.45) is 5.75. The van der Waals surface area contributed by atoms with E-state index in [4.69, 9.17) is 0 Å². The first kappa shape index (κ1) is 22.1. The predicted molar refractivity (Wildman–Crippen MR) is 134 cm³/mol. The lowest BCUT2D eigenvalue weighted by Gasteiger charge is -2.45. The molecule has 0 saturated carbocycles. The SMILES string of the molecule is O=C(CN1C(=O)C2CCCCN2c2ccc(C(=O)N3CCCC3)cc21)N1CCc2ccccc2C1. The summed E-state index contributed by atoms with van der Waals surface area (Å²) in [4.78, 5) is 47.9. The number of piperidine rings is 1. The normalized spacial score (nSPS) is 21.5. The second kappa shape index (κ2) is 9.02. The van der Waals surface area contributed by atoms with Gasteiger partial charge in [-0.05, 0) is 67.9 Å². The van der Waals surface area contributed by atoms with Gasteiger partial charge in [-0.3, -0.25) is 19.3 Å². The lowest BCUT2D eigenvalue weighted by Crippen LogP contribution is -2.57. The average molecular weight is 473 g/mol. The zero-order valence-electron chi connectivity index (χ0n) is 20.1. The molecule has 2 saturated heterocycles. The average Bonchev–Trinajstić information content (AvgIpc) is 3.45. The van der Waals surface area contributed by atoms with Gasteiger partial charge < -0.3 is 14.7 Å². The molecule has 1 unspecified atom stereocenters. The summed E-state index contributed by atoms with van der Waals surface area (Å²) < 4.78 is 0. The van der Waals surface area contributed by atoms with Crippen molar-refractivity contribution in [3.63, 3.8) is 0 Å². The largest absolute Gasteiger partial charge is 0.358 e. The molecule has 182 valence electrons. The minimum atomic E-state index is -0.230. The van der Waals surface area contributed by atoms with Crippen LogP contribution in [0, 0.1) is 0 Å². The lowest BCUT2D eigenvalue weighted by atomic mass is 9.95. The Bertz CT molecular complexity index is 1170. The number of hydrogen-bond acceptors (Lipinski definition) is 4. The van der Waals surface area contributed by atoms with Gasteiger partial charge in [-0.1, -0.05) is 24.3 Å². The van der Waals surface area contributed by atoms with E-state index in [0.717, 1.165) is 63.8 Å². The molecule has 2 fully saturated rings. The number of carbonyl (C=O) groups is 3. The van der Waals surface area contributed by atoms with Gasteiger partial charge in [0, 0.05) is 38.3 Å². The van der Waals surface area contributed by atoms with Gasteiger partial charge in [-0.2, -0.15) is 0 Å². The molecule has 2 aromatic rings. The van der Waals surface area contributed by atoms with E-state index in [2.05, 4.69) is 17.0 Å². The molecule has 0 aromatic heterocycles. The van der Waals surface area contributed by atoms with Crippen LogP contribution in [0.4, 0.5) is 11.4 Å². The fourth-order valence-corrected chi connectivity index (χ4v) is 6.10. The highest BCUT2D eigenvalue weighted by molar-refractivity contribution is 6.10. The van der Waals surface area contributed by atoms with Crippen LogP contribution in [0.1, 0.15) is 53.6 Å². The number of hydrogen-bond donors (Lipinski definition) is 0. The summed E-state index contributed by atoms with van der Waals surface area (Å²) >= 11 is 0. The van der Waals surface area contributed by atoms with E-state index in [1.54, 1.807) is 4.90 Å². The fourth-order valence-electron chi connectivity index (χ4n) is 6.10. The monoisotopic (exact) mass is 472 g/mol. The first-order valence-corrected chi connectivity index (χ1v) is 13.0. The smallest absolute Gasteiger partial charge is 0.253 e. The van der Waals surface area contributed by atoms with Crippen LogP contribution in [0.2, 0.25) is 0 Å². The molecule has 1 atom stereocenters. The highest BCUT2D eigenvalue weighted by Gasteiger charge is 2.41. The molecule has 3 amide bonds. The van der Waals surface area contributed by atoms with Crippen molar-refractivity contribution in [1.29, 1.82) is 0 Å². The van der Waals surface area contributed by atoms with Gasteiger partial charge in [0.1, 0.15) is 12.6 Å². The number of likely N-dealkylation sites (tertiary alicyclic amines) is 1. The molecule has 7 heteroatoms. The summed E-state index contributed by atoms with van der Waals surface area (Å²) in [5.41, 5.74) is 4.72. The van der Waals surface area contributed by atoms with Gasteiger partial charge in [0.2, 0.25) is 11.8 Å². The third-order valence-corrected chi connectivity index (χ3v) is 8.05. The van der Waals surface area contributed by atoms with Gasteiger partial charge in [-0.25, -0.2) is 0 Å².